The highest BCUT2D eigenvalue weighted by molar-refractivity contribution is 7.71. The molecule has 3 nitrogen and oxygen atoms in total. The van der Waals surface area contributed by atoms with E-state index in [9.17, 15) is 0 Å². The molecule has 0 fully saturated rings. The van der Waals surface area contributed by atoms with Gasteiger partial charge in [0.2, 0.25) is 0 Å². The van der Waals surface area contributed by atoms with Crippen molar-refractivity contribution in [2.75, 3.05) is 6.61 Å². The van der Waals surface area contributed by atoms with Gasteiger partial charge >= 0.3 is 0 Å². The van der Waals surface area contributed by atoms with Gasteiger partial charge in [0.05, 0.1) is 17.6 Å². The van der Waals surface area contributed by atoms with Gasteiger partial charge in [-0.05, 0) is 55.0 Å². The first-order valence-electron chi connectivity index (χ1n) is 6.72. The smallest absolute Gasteiger partial charge is 0.182 e. The lowest BCUT2D eigenvalue weighted by atomic mass is 10.2. The second-order valence-corrected chi connectivity index (χ2v) is 5.01. The normalized spacial score (nSPS) is 10.8. The summed E-state index contributed by atoms with van der Waals surface area (Å²) >= 11 is 5.41. The number of hydrogen-bond donors (Lipinski definition) is 1. The summed E-state index contributed by atoms with van der Waals surface area (Å²) in [5.41, 5.74) is 3.17. The molecule has 0 bridgehead atoms. The van der Waals surface area contributed by atoms with Crippen molar-refractivity contribution < 1.29 is 4.74 Å². The van der Waals surface area contributed by atoms with Crippen molar-refractivity contribution in [3.05, 3.63) is 53.3 Å². The van der Waals surface area contributed by atoms with E-state index in [-0.39, 0.29) is 0 Å². The largest absolute Gasteiger partial charge is 0.494 e. The molecule has 1 heterocycles. The molecule has 0 atom stereocenters. The molecule has 1 N–H and O–H groups in total. The number of hydrogen-bond acceptors (Lipinski definition) is 2. The lowest BCUT2D eigenvalue weighted by Crippen LogP contribution is -1.97. The number of fused-ring (bicyclic) bond motifs is 1. The van der Waals surface area contributed by atoms with E-state index in [1.54, 1.807) is 0 Å². The molecular weight excluding hydrogens is 268 g/mol. The van der Waals surface area contributed by atoms with E-state index in [0.29, 0.717) is 4.77 Å². The molecule has 2 aromatic carbocycles. The van der Waals surface area contributed by atoms with Gasteiger partial charge in [-0.3, -0.25) is 4.57 Å². The Hall–Kier alpha value is -2.07. The summed E-state index contributed by atoms with van der Waals surface area (Å²) in [7, 11) is 0. The van der Waals surface area contributed by atoms with Gasteiger partial charge in [-0.1, -0.05) is 19.1 Å². The van der Waals surface area contributed by atoms with Gasteiger partial charge in [0, 0.05) is 5.69 Å². The molecule has 4 heteroatoms. The minimum absolute atomic E-state index is 0.702. The summed E-state index contributed by atoms with van der Waals surface area (Å²) in [6.45, 7) is 2.84. The van der Waals surface area contributed by atoms with Gasteiger partial charge in [-0.15, -0.1) is 0 Å². The monoisotopic (exact) mass is 284 g/mol. The van der Waals surface area contributed by atoms with Crippen LogP contribution in [0.15, 0.2) is 48.5 Å². The van der Waals surface area contributed by atoms with Crippen LogP contribution < -0.4 is 4.74 Å². The average molecular weight is 284 g/mol. The van der Waals surface area contributed by atoms with Crippen LogP contribution in [-0.4, -0.2) is 16.2 Å². The fourth-order valence-corrected chi connectivity index (χ4v) is 2.54. The zero-order chi connectivity index (χ0) is 13.9. The first kappa shape index (κ1) is 12.9. The van der Waals surface area contributed by atoms with Crippen molar-refractivity contribution in [1.29, 1.82) is 0 Å². The molecule has 1 aromatic heterocycles. The van der Waals surface area contributed by atoms with Crippen molar-refractivity contribution in [1.82, 2.24) is 9.55 Å². The number of para-hydroxylation sites is 2. The molecule has 3 aromatic rings. The third-order valence-electron chi connectivity index (χ3n) is 3.16. The lowest BCUT2D eigenvalue weighted by Gasteiger charge is -2.07. The number of benzene rings is 2. The van der Waals surface area contributed by atoms with Crippen LogP contribution in [0, 0.1) is 4.77 Å². The maximum Gasteiger partial charge on any atom is 0.182 e. The Kier molecular flexibility index (Phi) is 3.56. The maximum atomic E-state index is 5.60. The fraction of sp³-hybridized carbons (Fsp3) is 0.188. The number of H-pyrrole nitrogens is 1. The molecule has 0 unspecified atom stereocenters. The van der Waals surface area contributed by atoms with Gasteiger partial charge in [0.25, 0.3) is 0 Å². The van der Waals surface area contributed by atoms with E-state index in [0.717, 1.165) is 35.5 Å². The Balaban J connectivity index is 2.03. The molecule has 0 aliphatic rings. The first-order valence-corrected chi connectivity index (χ1v) is 7.13. The van der Waals surface area contributed by atoms with Crippen LogP contribution in [0.2, 0.25) is 0 Å². The quantitative estimate of drug-likeness (QED) is 0.716. The fourth-order valence-electron chi connectivity index (χ4n) is 2.22. The van der Waals surface area contributed by atoms with Crippen LogP contribution in [0.5, 0.6) is 5.75 Å². The van der Waals surface area contributed by atoms with Gasteiger partial charge in [0.1, 0.15) is 5.75 Å². The second kappa shape index (κ2) is 5.51. The summed E-state index contributed by atoms with van der Waals surface area (Å²) in [5, 5.41) is 0. The molecule has 0 saturated heterocycles. The highest BCUT2D eigenvalue weighted by atomic mass is 32.1. The molecule has 0 amide bonds. The summed E-state index contributed by atoms with van der Waals surface area (Å²) in [6.07, 6.45) is 1.01. The number of nitrogens with zero attached hydrogens (tertiary/aromatic N) is 1. The standard InChI is InChI=1S/C16H16N2OS/c1-2-11-19-13-9-7-12(8-10-13)18-15-6-4-3-5-14(15)17-16(18)20/h3-10H,2,11H2,1H3,(H,17,20). The maximum absolute atomic E-state index is 5.60. The van der Waals surface area contributed by atoms with Crippen LogP contribution in [-0.2, 0) is 0 Å². The van der Waals surface area contributed by atoms with E-state index < -0.39 is 0 Å². The minimum atomic E-state index is 0.702. The lowest BCUT2D eigenvalue weighted by molar-refractivity contribution is 0.317. The van der Waals surface area contributed by atoms with E-state index in [1.807, 2.05) is 47.0 Å². The third-order valence-corrected chi connectivity index (χ3v) is 3.44. The number of rotatable bonds is 4. The zero-order valence-electron chi connectivity index (χ0n) is 11.3. The molecule has 3 rings (SSSR count). The highest BCUT2D eigenvalue weighted by Gasteiger charge is 2.05. The predicted molar refractivity (Wildman–Crippen MR) is 84.2 cm³/mol. The second-order valence-electron chi connectivity index (χ2n) is 4.63. The summed E-state index contributed by atoms with van der Waals surface area (Å²) in [6, 6.07) is 16.1. The van der Waals surface area contributed by atoms with Crippen molar-refractivity contribution in [2.45, 2.75) is 13.3 Å². The first-order chi connectivity index (χ1) is 9.79. The van der Waals surface area contributed by atoms with Gasteiger partial charge in [0.15, 0.2) is 4.77 Å². The van der Waals surface area contributed by atoms with Crippen molar-refractivity contribution in [3.8, 4) is 11.4 Å². The van der Waals surface area contributed by atoms with E-state index in [4.69, 9.17) is 17.0 Å². The van der Waals surface area contributed by atoms with Crippen LogP contribution in [0.25, 0.3) is 16.7 Å². The Morgan fingerprint density at radius 3 is 2.60 bits per heavy atom. The van der Waals surface area contributed by atoms with Crippen molar-refractivity contribution in [3.63, 3.8) is 0 Å². The molecule has 102 valence electrons. The third kappa shape index (κ3) is 2.34. The molecular formula is C16H16N2OS. The SMILES string of the molecule is CCCOc1ccc(-n2c(=S)[nH]c3ccccc32)cc1. The summed E-state index contributed by atoms with van der Waals surface area (Å²) in [5.74, 6) is 0.891. The molecule has 0 aliphatic heterocycles. The summed E-state index contributed by atoms with van der Waals surface area (Å²) in [4.78, 5) is 3.22. The van der Waals surface area contributed by atoms with Crippen molar-refractivity contribution in [2.24, 2.45) is 0 Å². The van der Waals surface area contributed by atoms with Gasteiger partial charge in [-0.25, -0.2) is 0 Å². The van der Waals surface area contributed by atoms with Gasteiger partial charge in [-0.2, -0.15) is 0 Å². The van der Waals surface area contributed by atoms with Crippen LogP contribution in [0.1, 0.15) is 13.3 Å². The van der Waals surface area contributed by atoms with E-state index >= 15 is 0 Å². The minimum Gasteiger partial charge on any atom is -0.494 e. The number of nitrogens with one attached hydrogen (secondary N) is 1. The molecule has 0 saturated carbocycles. The average Bonchev–Trinajstić information content (AvgIpc) is 2.81. The zero-order valence-corrected chi connectivity index (χ0v) is 12.1. The van der Waals surface area contributed by atoms with Crippen molar-refractivity contribution >= 4 is 23.3 Å². The van der Waals surface area contributed by atoms with Crippen LogP contribution >= 0.6 is 12.2 Å². The Morgan fingerprint density at radius 2 is 1.85 bits per heavy atom. The molecule has 0 spiro atoms. The number of aromatic amines is 1. The van der Waals surface area contributed by atoms with Gasteiger partial charge < -0.3 is 9.72 Å². The summed E-state index contributed by atoms with van der Waals surface area (Å²) < 4.78 is 8.34. The van der Waals surface area contributed by atoms with Crippen LogP contribution in [0.4, 0.5) is 0 Å². The van der Waals surface area contributed by atoms with E-state index in [1.165, 1.54) is 0 Å². The molecule has 20 heavy (non-hydrogen) atoms. The van der Waals surface area contributed by atoms with E-state index in [2.05, 4.69) is 18.0 Å². The molecule has 0 aliphatic carbocycles. The topological polar surface area (TPSA) is 29.9 Å². The number of imidazole rings is 1. The predicted octanol–water partition coefficient (Wildman–Crippen LogP) is 4.48. The molecule has 0 radical (unpaired) electrons. The number of ether oxygens (including phenoxy) is 1. The highest BCUT2D eigenvalue weighted by Crippen LogP contribution is 2.21. The Labute approximate surface area is 122 Å². The Bertz CT molecular complexity index is 771. The number of aromatic nitrogens is 2. The Morgan fingerprint density at radius 1 is 1.10 bits per heavy atom. The van der Waals surface area contributed by atoms with Crippen LogP contribution in [0.3, 0.4) is 0 Å².